The Morgan fingerprint density at radius 1 is 1.47 bits per heavy atom. The van der Waals surface area contributed by atoms with Crippen molar-refractivity contribution in [1.82, 2.24) is 5.32 Å². The summed E-state index contributed by atoms with van der Waals surface area (Å²) in [6.07, 6.45) is 0. The van der Waals surface area contributed by atoms with Gasteiger partial charge in [-0.2, -0.15) is 0 Å². The van der Waals surface area contributed by atoms with Gasteiger partial charge in [-0.1, -0.05) is 18.3 Å². The summed E-state index contributed by atoms with van der Waals surface area (Å²) >= 11 is 4.57. The highest BCUT2D eigenvalue weighted by Gasteiger charge is 2.13. The van der Waals surface area contributed by atoms with Crippen molar-refractivity contribution in [3.8, 4) is 11.5 Å². The number of nitrogens with one attached hydrogen (secondary N) is 1. The van der Waals surface area contributed by atoms with Crippen molar-refractivity contribution in [1.29, 1.82) is 0 Å². The molecule has 0 spiro atoms. The first-order valence-corrected chi connectivity index (χ1v) is 4.50. The molecule has 0 radical (unpaired) electrons. The lowest BCUT2D eigenvalue weighted by atomic mass is 10.1. The van der Waals surface area contributed by atoms with Crippen molar-refractivity contribution in [2.45, 2.75) is 0 Å². The molecule has 1 aromatic carbocycles. The van der Waals surface area contributed by atoms with Crippen molar-refractivity contribution in [2.75, 3.05) is 6.54 Å². The first-order chi connectivity index (χ1) is 7.02. The molecule has 0 aliphatic heterocycles. The van der Waals surface area contributed by atoms with Crippen molar-refractivity contribution in [3.63, 3.8) is 0 Å². The Morgan fingerprint density at radius 2 is 2.13 bits per heavy atom. The molecule has 0 bridgehead atoms. The number of hydrogen-bond acceptors (Lipinski definition) is 4. The average molecular weight is 226 g/mol. The van der Waals surface area contributed by atoms with Gasteiger partial charge in [0, 0.05) is 0 Å². The Kier molecular flexibility index (Phi) is 3.46. The van der Waals surface area contributed by atoms with E-state index in [0.29, 0.717) is 0 Å². The number of amides is 1. The number of carbonyl (C=O) groups excluding carboxylic acids is 1. The summed E-state index contributed by atoms with van der Waals surface area (Å²) in [5.74, 6) is -1.35. The SMILES string of the molecule is NC(=S)CNC(=O)c1cccc(O)c1O. The van der Waals surface area contributed by atoms with Crippen molar-refractivity contribution >= 4 is 23.1 Å². The molecule has 0 saturated carbocycles. The Morgan fingerprint density at radius 3 is 2.73 bits per heavy atom. The zero-order chi connectivity index (χ0) is 11.4. The van der Waals surface area contributed by atoms with Crippen LogP contribution in [0.2, 0.25) is 0 Å². The first-order valence-electron chi connectivity index (χ1n) is 4.10. The summed E-state index contributed by atoms with van der Waals surface area (Å²) < 4.78 is 0. The monoisotopic (exact) mass is 226 g/mol. The van der Waals surface area contributed by atoms with E-state index in [0.717, 1.165) is 0 Å². The molecule has 0 aromatic heterocycles. The first kappa shape index (κ1) is 11.3. The molecule has 5 N–H and O–H groups in total. The maximum Gasteiger partial charge on any atom is 0.255 e. The third-order valence-electron chi connectivity index (χ3n) is 1.68. The smallest absolute Gasteiger partial charge is 0.255 e. The van der Waals surface area contributed by atoms with Gasteiger partial charge in [-0.25, -0.2) is 0 Å². The minimum absolute atomic E-state index is 0.0220. The van der Waals surface area contributed by atoms with Crippen LogP contribution in [0.1, 0.15) is 10.4 Å². The number of para-hydroxylation sites is 1. The number of benzene rings is 1. The van der Waals surface area contributed by atoms with E-state index in [9.17, 15) is 9.90 Å². The van der Waals surface area contributed by atoms with Gasteiger partial charge in [0.25, 0.3) is 5.91 Å². The molecular weight excluding hydrogens is 216 g/mol. The standard InChI is InChI=1S/C9H10N2O3S/c10-7(15)4-11-9(14)5-2-1-3-6(12)8(5)13/h1-3,12-13H,4H2,(H2,10,15)(H,11,14). The van der Waals surface area contributed by atoms with Crippen LogP contribution in [0.25, 0.3) is 0 Å². The predicted octanol–water partition coefficient (Wildman–Crippen LogP) is 0.114. The third kappa shape index (κ3) is 2.81. The minimum Gasteiger partial charge on any atom is -0.504 e. The topological polar surface area (TPSA) is 95.6 Å². The Labute approximate surface area is 91.5 Å². The van der Waals surface area contributed by atoms with Gasteiger partial charge in [-0.3, -0.25) is 4.79 Å². The van der Waals surface area contributed by atoms with Gasteiger partial charge in [-0.05, 0) is 12.1 Å². The Hall–Kier alpha value is -1.82. The molecule has 5 nitrogen and oxygen atoms in total. The fourth-order valence-electron chi connectivity index (χ4n) is 0.977. The lowest BCUT2D eigenvalue weighted by molar-refractivity contribution is 0.0956. The number of phenolic OH excluding ortho intramolecular Hbond substituents is 2. The van der Waals surface area contributed by atoms with E-state index in [2.05, 4.69) is 17.5 Å². The van der Waals surface area contributed by atoms with Crippen molar-refractivity contribution in [2.24, 2.45) is 5.73 Å². The van der Waals surface area contributed by atoms with Gasteiger partial charge >= 0.3 is 0 Å². The largest absolute Gasteiger partial charge is 0.504 e. The zero-order valence-electron chi connectivity index (χ0n) is 7.73. The van der Waals surface area contributed by atoms with E-state index in [1.807, 2.05) is 0 Å². The molecule has 0 aliphatic carbocycles. The van der Waals surface area contributed by atoms with Crippen LogP contribution in [0.15, 0.2) is 18.2 Å². The lowest BCUT2D eigenvalue weighted by Crippen LogP contribution is -2.32. The zero-order valence-corrected chi connectivity index (χ0v) is 8.54. The molecule has 0 atom stereocenters. The van der Waals surface area contributed by atoms with E-state index in [-0.39, 0.29) is 22.8 Å². The summed E-state index contributed by atoms with van der Waals surface area (Å²) in [5, 5.41) is 20.9. The molecule has 0 saturated heterocycles. The van der Waals surface area contributed by atoms with Crippen LogP contribution >= 0.6 is 12.2 Å². The molecule has 1 aromatic rings. The second-order valence-corrected chi connectivity index (χ2v) is 3.35. The van der Waals surface area contributed by atoms with E-state index in [4.69, 9.17) is 10.8 Å². The van der Waals surface area contributed by atoms with Gasteiger partial charge in [0.15, 0.2) is 11.5 Å². The quantitative estimate of drug-likeness (QED) is 0.433. The van der Waals surface area contributed by atoms with Gasteiger partial charge in [0.05, 0.1) is 17.1 Å². The number of rotatable bonds is 3. The van der Waals surface area contributed by atoms with Gasteiger partial charge in [-0.15, -0.1) is 0 Å². The number of carbonyl (C=O) groups is 1. The van der Waals surface area contributed by atoms with Crippen LogP contribution < -0.4 is 11.1 Å². The maximum atomic E-state index is 11.4. The Balaban J connectivity index is 2.82. The summed E-state index contributed by atoms with van der Waals surface area (Å²) in [4.78, 5) is 11.6. The summed E-state index contributed by atoms with van der Waals surface area (Å²) in [6.45, 7) is 0.0449. The number of aromatic hydroxyl groups is 2. The highest BCUT2D eigenvalue weighted by molar-refractivity contribution is 7.80. The van der Waals surface area contributed by atoms with Crippen LogP contribution in [-0.4, -0.2) is 27.7 Å². The van der Waals surface area contributed by atoms with E-state index in [1.165, 1.54) is 18.2 Å². The fraction of sp³-hybridized carbons (Fsp3) is 0.111. The fourth-order valence-corrected chi connectivity index (χ4v) is 1.05. The summed E-state index contributed by atoms with van der Waals surface area (Å²) in [7, 11) is 0. The molecule has 0 unspecified atom stereocenters. The minimum atomic E-state index is -0.545. The molecule has 1 rings (SSSR count). The maximum absolute atomic E-state index is 11.4. The second kappa shape index (κ2) is 4.61. The van der Waals surface area contributed by atoms with Crippen LogP contribution in [0.5, 0.6) is 11.5 Å². The predicted molar refractivity (Wildman–Crippen MR) is 58.9 cm³/mol. The lowest BCUT2D eigenvalue weighted by Gasteiger charge is -2.06. The molecule has 0 heterocycles. The molecule has 15 heavy (non-hydrogen) atoms. The van der Waals surface area contributed by atoms with Gasteiger partial charge < -0.3 is 21.3 Å². The van der Waals surface area contributed by atoms with Crippen molar-refractivity contribution < 1.29 is 15.0 Å². The molecule has 1 amide bonds. The molecule has 6 heteroatoms. The molecule has 80 valence electrons. The van der Waals surface area contributed by atoms with E-state index in [1.54, 1.807) is 0 Å². The number of phenols is 2. The van der Waals surface area contributed by atoms with Crippen LogP contribution in [0.3, 0.4) is 0 Å². The van der Waals surface area contributed by atoms with E-state index < -0.39 is 11.7 Å². The highest BCUT2D eigenvalue weighted by Crippen LogP contribution is 2.27. The number of thiocarbonyl (C=S) groups is 1. The molecule has 0 aliphatic rings. The number of hydrogen-bond donors (Lipinski definition) is 4. The van der Waals surface area contributed by atoms with Gasteiger partial charge in [0.1, 0.15) is 0 Å². The highest BCUT2D eigenvalue weighted by atomic mass is 32.1. The third-order valence-corrected chi connectivity index (χ3v) is 1.83. The van der Waals surface area contributed by atoms with Crippen LogP contribution in [0, 0.1) is 0 Å². The van der Waals surface area contributed by atoms with E-state index >= 15 is 0 Å². The van der Waals surface area contributed by atoms with Crippen molar-refractivity contribution in [3.05, 3.63) is 23.8 Å². The summed E-state index contributed by atoms with van der Waals surface area (Å²) in [5.41, 5.74) is 5.17. The Bertz CT molecular complexity index is 406. The normalized spacial score (nSPS) is 9.60. The van der Waals surface area contributed by atoms with Gasteiger partial charge in [0.2, 0.25) is 0 Å². The average Bonchev–Trinajstić information content (AvgIpc) is 2.18. The molecular formula is C9H10N2O3S. The van der Waals surface area contributed by atoms with Crippen LogP contribution in [-0.2, 0) is 0 Å². The second-order valence-electron chi connectivity index (χ2n) is 2.82. The molecule has 0 fully saturated rings. The number of nitrogens with two attached hydrogens (primary N) is 1. The summed E-state index contributed by atoms with van der Waals surface area (Å²) in [6, 6.07) is 4.11. The van der Waals surface area contributed by atoms with Crippen LogP contribution in [0.4, 0.5) is 0 Å².